The number of benzene rings is 2. The van der Waals surface area contributed by atoms with Crippen molar-refractivity contribution in [2.45, 2.75) is 66.2 Å². The Morgan fingerprint density at radius 2 is 1.75 bits per heavy atom. The van der Waals surface area contributed by atoms with Gasteiger partial charge in [0.2, 0.25) is 0 Å². The van der Waals surface area contributed by atoms with E-state index in [1.54, 1.807) is 12.1 Å². The molecule has 0 radical (unpaired) electrons. The standard InChI is InChI=1S/C21H25F.C2H6/c1-4-15-11-12-16(17-8-5-6-10-20(17)22)18(14-15)19-9-7-13-21(19,2)3;1-2/h5-6,8,10-12,14,19H,4,7,9,13H2,1-3H3;1-2H3. The van der Waals surface area contributed by atoms with Gasteiger partial charge in [-0.2, -0.15) is 0 Å². The van der Waals surface area contributed by atoms with Gasteiger partial charge in [0.25, 0.3) is 0 Å². The van der Waals surface area contributed by atoms with E-state index in [4.69, 9.17) is 0 Å². The lowest BCUT2D eigenvalue weighted by Crippen LogP contribution is -2.16. The van der Waals surface area contributed by atoms with Crippen LogP contribution in [-0.2, 0) is 6.42 Å². The third kappa shape index (κ3) is 3.71. The van der Waals surface area contributed by atoms with Crippen LogP contribution in [0, 0.1) is 11.2 Å². The van der Waals surface area contributed by atoms with Crippen molar-refractivity contribution in [1.82, 2.24) is 0 Å². The fraction of sp³-hybridized carbons (Fsp3) is 0.478. The highest BCUT2D eigenvalue weighted by Gasteiger charge is 2.36. The van der Waals surface area contributed by atoms with Crippen molar-refractivity contribution in [1.29, 1.82) is 0 Å². The van der Waals surface area contributed by atoms with Crippen LogP contribution in [-0.4, -0.2) is 0 Å². The third-order valence-electron chi connectivity index (χ3n) is 5.32. The second-order valence-electron chi connectivity index (χ2n) is 7.19. The first-order chi connectivity index (χ1) is 11.5. The molecule has 1 aliphatic rings. The molecule has 1 saturated carbocycles. The highest BCUT2D eigenvalue weighted by molar-refractivity contribution is 5.69. The normalized spacial score (nSPS) is 18.8. The summed E-state index contributed by atoms with van der Waals surface area (Å²) in [6.45, 7) is 10.9. The largest absolute Gasteiger partial charge is 0.206 e. The second-order valence-corrected chi connectivity index (χ2v) is 7.19. The summed E-state index contributed by atoms with van der Waals surface area (Å²) in [5.41, 5.74) is 4.80. The first-order valence-electron chi connectivity index (χ1n) is 9.40. The molecule has 0 aliphatic heterocycles. The smallest absolute Gasteiger partial charge is 0.131 e. The molecule has 0 N–H and O–H groups in total. The molecule has 0 saturated heterocycles. The van der Waals surface area contributed by atoms with E-state index in [1.807, 2.05) is 26.0 Å². The average molecular weight is 326 g/mol. The summed E-state index contributed by atoms with van der Waals surface area (Å²) in [5.74, 6) is 0.400. The predicted molar refractivity (Wildman–Crippen MR) is 103 cm³/mol. The summed E-state index contributed by atoms with van der Waals surface area (Å²) in [6, 6.07) is 13.7. The van der Waals surface area contributed by atoms with E-state index in [-0.39, 0.29) is 5.82 Å². The van der Waals surface area contributed by atoms with Gasteiger partial charge in [-0.05, 0) is 53.4 Å². The van der Waals surface area contributed by atoms with Crippen LogP contribution < -0.4 is 0 Å². The minimum Gasteiger partial charge on any atom is -0.206 e. The Morgan fingerprint density at radius 3 is 2.33 bits per heavy atom. The van der Waals surface area contributed by atoms with Gasteiger partial charge in [-0.15, -0.1) is 0 Å². The van der Waals surface area contributed by atoms with Crippen molar-refractivity contribution in [3.05, 3.63) is 59.4 Å². The van der Waals surface area contributed by atoms with Crippen molar-refractivity contribution in [2.75, 3.05) is 0 Å². The number of halogens is 1. The average Bonchev–Trinajstić information content (AvgIpc) is 2.96. The minimum absolute atomic E-state index is 0.121. The van der Waals surface area contributed by atoms with Crippen molar-refractivity contribution in [2.24, 2.45) is 5.41 Å². The summed E-state index contributed by atoms with van der Waals surface area (Å²) in [5, 5.41) is 0. The molecule has 1 heteroatoms. The Labute approximate surface area is 147 Å². The van der Waals surface area contributed by atoms with Crippen LogP contribution in [0.25, 0.3) is 11.1 Å². The summed E-state index contributed by atoms with van der Waals surface area (Å²) in [4.78, 5) is 0. The first kappa shape index (κ1) is 18.7. The topological polar surface area (TPSA) is 0 Å². The van der Waals surface area contributed by atoms with Crippen molar-refractivity contribution in [3.8, 4) is 11.1 Å². The predicted octanol–water partition coefficient (Wildman–Crippen LogP) is 7.38. The third-order valence-corrected chi connectivity index (χ3v) is 5.32. The van der Waals surface area contributed by atoms with Gasteiger partial charge in [-0.25, -0.2) is 4.39 Å². The van der Waals surface area contributed by atoms with Crippen LogP contribution in [0.1, 0.15) is 70.9 Å². The van der Waals surface area contributed by atoms with Gasteiger partial charge in [0.1, 0.15) is 5.82 Å². The zero-order valence-electron chi connectivity index (χ0n) is 15.8. The highest BCUT2D eigenvalue weighted by Crippen LogP contribution is 2.51. The minimum atomic E-state index is -0.121. The maximum absolute atomic E-state index is 14.3. The molecule has 3 rings (SSSR count). The van der Waals surface area contributed by atoms with Gasteiger partial charge in [0, 0.05) is 5.56 Å². The summed E-state index contributed by atoms with van der Waals surface area (Å²) in [6.07, 6.45) is 4.76. The Balaban J connectivity index is 0.00000100. The zero-order valence-corrected chi connectivity index (χ0v) is 15.8. The van der Waals surface area contributed by atoms with Crippen LogP contribution in [0.15, 0.2) is 42.5 Å². The SMILES string of the molecule is CC.CCc1ccc(-c2ccccc2F)c(C2CCCC2(C)C)c1. The van der Waals surface area contributed by atoms with E-state index in [1.165, 1.54) is 30.4 Å². The second kappa shape index (κ2) is 7.96. The quantitative estimate of drug-likeness (QED) is 0.552. The summed E-state index contributed by atoms with van der Waals surface area (Å²) >= 11 is 0. The molecular formula is C23H31F. The maximum atomic E-state index is 14.3. The summed E-state index contributed by atoms with van der Waals surface area (Å²) in [7, 11) is 0. The monoisotopic (exact) mass is 326 g/mol. The fourth-order valence-electron chi connectivity index (χ4n) is 3.95. The Bertz CT molecular complexity index is 669. The van der Waals surface area contributed by atoms with Crippen LogP contribution in [0.2, 0.25) is 0 Å². The van der Waals surface area contributed by atoms with Gasteiger partial charge < -0.3 is 0 Å². The lowest BCUT2D eigenvalue weighted by molar-refractivity contribution is 0.332. The van der Waals surface area contributed by atoms with Crippen LogP contribution in [0.3, 0.4) is 0 Å². The van der Waals surface area contributed by atoms with E-state index < -0.39 is 0 Å². The van der Waals surface area contributed by atoms with Crippen LogP contribution in [0.4, 0.5) is 4.39 Å². The molecule has 130 valence electrons. The Hall–Kier alpha value is -1.63. The van der Waals surface area contributed by atoms with Gasteiger partial charge in [-0.1, -0.05) is 77.4 Å². The van der Waals surface area contributed by atoms with Crippen LogP contribution >= 0.6 is 0 Å². The number of hydrogen-bond acceptors (Lipinski definition) is 0. The maximum Gasteiger partial charge on any atom is 0.131 e. The molecule has 1 aliphatic carbocycles. The molecular weight excluding hydrogens is 295 g/mol. The van der Waals surface area contributed by atoms with E-state index in [9.17, 15) is 4.39 Å². The van der Waals surface area contributed by atoms with Crippen molar-refractivity contribution in [3.63, 3.8) is 0 Å². The first-order valence-corrected chi connectivity index (χ1v) is 9.40. The molecule has 24 heavy (non-hydrogen) atoms. The van der Waals surface area contributed by atoms with Gasteiger partial charge in [0.15, 0.2) is 0 Å². The van der Waals surface area contributed by atoms with Gasteiger partial charge >= 0.3 is 0 Å². The number of rotatable bonds is 3. The zero-order chi connectivity index (χ0) is 17.7. The summed E-state index contributed by atoms with van der Waals surface area (Å²) < 4.78 is 14.3. The molecule has 0 aromatic heterocycles. The molecule has 2 aromatic carbocycles. The Morgan fingerprint density at radius 1 is 1.04 bits per heavy atom. The van der Waals surface area contributed by atoms with Crippen molar-refractivity contribution < 1.29 is 4.39 Å². The molecule has 0 bridgehead atoms. The molecule has 1 unspecified atom stereocenters. The van der Waals surface area contributed by atoms with E-state index in [0.29, 0.717) is 11.3 Å². The highest BCUT2D eigenvalue weighted by atomic mass is 19.1. The molecule has 0 spiro atoms. The van der Waals surface area contributed by atoms with E-state index in [0.717, 1.165) is 17.5 Å². The lowest BCUT2D eigenvalue weighted by Gasteiger charge is -2.29. The van der Waals surface area contributed by atoms with Gasteiger partial charge in [-0.3, -0.25) is 0 Å². The van der Waals surface area contributed by atoms with Crippen molar-refractivity contribution >= 4 is 0 Å². The fourth-order valence-corrected chi connectivity index (χ4v) is 3.95. The molecule has 0 heterocycles. The molecule has 1 fully saturated rings. The molecule has 0 amide bonds. The van der Waals surface area contributed by atoms with E-state index >= 15 is 0 Å². The van der Waals surface area contributed by atoms with Gasteiger partial charge in [0.05, 0.1) is 0 Å². The van der Waals surface area contributed by atoms with Crippen LogP contribution in [0.5, 0.6) is 0 Å². The molecule has 0 nitrogen and oxygen atoms in total. The number of aryl methyl sites for hydroxylation is 1. The van der Waals surface area contributed by atoms with E-state index in [2.05, 4.69) is 39.0 Å². The Kier molecular flexibility index (Phi) is 6.21. The number of hydrogen-bond donors (Lipinski definition) is 0. The molecule has 2 aromatic rings. The molecule has 1 atom stereocenters. The lowest BCUT2D eigenvalue weighted by atomic mass is 9.75.